The molecule has 0 amide bonds. The molecule has 0 aliphatic carbocycles. The summed E-state index contributed by atoms with van der Waals surface area (Å²) in [6.45, 7) is 0. The Bertz CT molecular complexity index is 1140. The van der Waals surface area contributed by atoms with Gasteiger partial charge in [0.25, 0.3) is 0 Å². The topological polar surface area (TPSA) is 82.3 Å². The number of hydrogen-bond donors (Lipinski definition) is 0. The molecular weight excluding hydrogens is 332 g/mol. The summed E-state index contributed by atoms with van der Waals surface area (Å²) in [5.41, 5.74) is 1.33. The van der Waals surface area contributed by atoms with Crippen molar-refractivity contribution in [2.75, 3.05) is 0 Å². The highest BCUT2D eigenvalue weighted by Gasteiger charge is 2.10. The van der Waals surface area contributed by atoms with Crippen molar-refractivity contribution in [2.45, 2.75) is 0 Å². The van der Waals surface area contributed by atoms with Crippen LogP contribution in [0.5, 0.6) is 5.75 Å². The minimum Gasteiger partial charge on any atom is -0.454 e. The lowest BCUT2D eigenvalue weighted by Gasteiger charge is -2.06. The molecule has 0 atom stereocenters. The van der Waals surface area contributed by atoms with Crippen molar-refractivity contribution in [2.24, 2.45) is 0 Å². The molecule has 3 heterocycles. The first-order chi connectivity index (χ1) is 12.7. The number of carbonyl (C=O) groups excluding carboxylic acids is 1. The SMILES string of the molecule is O=C(Oc1ccc(-c2cc(=O)c3ccncc3o2)cc1)c1cccnc1. The van der Waals surface area contributed by atoms with Crippen LogP contribution in [0.2, 0.25) is 0 Å². The molecule has 4 rings (SSSR count). The molecule has 0 aliphatic heterocycles. The van der Waals surface area contributed by atoms with Crippen molar-refractivity contribution in [3.05, 3.63) is 89.1 Å². The van der Waals surface area contributed by atoms with Crippen molar-refractivity contribution < 1.29 is 13.9 Å². The summed E-state index contributed by atoms with van der Waals surface area (Å²) in [6.07, 6.45) is 6.07. The number of carbonyl (C=O) groups is 1. The second-order valence-corrected chi connectivity index (χ2v) is 5.50. The Kier molecular flexibility index (Phi) is 3.99. The Morgan fingerprint density at radius 3 is 2.54 bits per heavy atom. The van der Waals surface area contributed by atoms with Gasteiger partial charge in [0.15, 0.2) is 11.0 Å². The van der Waals surface area contributed by atoms with E-state index < -0.39 is 5.97 Å². The van der Waals surface area contributed by atoms with E-state index in [0.29, 0.717) is 33.6 Å². The van der Waals surface area contributed by atoms with Gasteiger partial charge in [-0.1, -0.05) is 0 Å². The van der Waals surface area contributed by atoms with Crippen LogP contribution in [0, 0.1) is 0 Å². The van der Waals surface area contributed by atoms with Crippen LogP contribution in [0.1, 0.15) is 10.4 Å². The Hall–Kier alpha value is -3.80. The molecule has 0 spiro atoms. The predicted molar refractivity (Wildman–Crippen MR) is 94.9 cm³/mol. The number of fused-ring (bicyclic) bond motifs is 1. The van der Waals surface area contributed by atoms with Gasteiger partial charge in [-0.2, -0.15) is 0 Å². The van der Waals surface area contributed by atoms with Gasteiger partial charge >= 0.3 is 5.97 Å². The van der Waals surface area contributed by atoms with Gasteiger partial charge in [0.05, 0.1) is 17.1 Å². The van der Waals surface area contributed by atoms with Gasteiger partial charge in [-0.15, -0.1) is 0 Å². The molecule has 0 N–H and O–H groups in total. The molecule has 0 aliphatic rings. The Balaban J connectivity index is 1.60. The predicted octanol–water partition coefficient (Wildman–Crippen LogP) is 3.47. The first kappa shape index (κ1) is 15.7. The quantitative estimate of drug-likeness (QED) is 0.418. The van der Waals surface area contributed by atoms with E-state index in [2.05, 4.69) is 9.97 Å². The third kappa shape index (κ3) is 3.08. The van der Waals surface area contributed by atoms with Gasteiger partial charge in [-0.25, -0.2) is 4.79 Å². The molecule has 6 heteroatoms. The monoisotopic (exact) mass is 344 g/mol. The maximum absolute atomic E-state index is 12.2. The summed E-state index contributed by atoms with van der Waals surface area (Å²) in [5.74, 6) is 0.308. The average Bonchev–Trinajstić information content (AvgIpc) is 2.69. The zero-order chi connectivity index (χ0) is 17.9. The number of hydrogen-bond acceptors (Lipinski definition) is 6. The fourth-order valence-electron chi connectivity index (χ4n) is 2.49. The molecule has 26 heavy (non-hydrogen) atoms. The van der Waals surface area contributed by atoms with E-state index >= 15 is 0 Å². The standard InChI is InChI=1S/C20H12N2O4/c23-17-10-18(26-19-12-22-9-7-16(17)19)13-3-5-15(6-4-13)25-20(24)14-2-1-8-21-11-14/h1-12H. The summed E-state index contributed by atoms with van der Waals surface area (Å²) in [6, 6.07) is 13.0. The van der Waals surface area contributed by atoms with Crippen LogP contribution in [0.25, 0.3) is 22.3 Å². The summed E-state index contributed by atoms with van der Waals surface area (Å²) < 4.78 is 11.0. The molecular formula is C20H12N2O4. The molecule has 4 aromatic rings. The van der Waals surface area contributed by atoms with Crippen molar-refractivity contribution in [3.63, 3.8) is 0 Å². The highest BCUT2D eigenvalue weighted by Crippen LogP contribution is 2.24. The Morgan fingerprint density at radius 1 is 0.962 bits per heavy atom. The molecule has 6 nitrogen and oxygen atoms in total. The zero-order valence-corrected chi connectivity index (χ0v) is 13.5. The number of esters is 1. The van der Waals surface area contributed by atoms with Gasteiger partial charge in [0.1, 0.15) is 11.5 Å². The molecule has 3 aromatic heterocycles. The van der Waals surface area contributed by atoms with E-state index in [1.807, 2.05) is 0 Å². The Morgan fingerprint density at radius 2 is 1.77 bits per heavy atom. The average molecular weight is 344 g/mol. The summed E-state index contributed by atoms with van der Waals surface area (Å²) in [4.78, 5) is 32.1. The van der Waals surface area contributed by atoms with Gasteiger partial charge in [0.2, 0.25) is 0 Å². The number of benzene rings is 1. The maximum Gasteiger partial charge on any atom is 0.345 e. The number of pyridine rings is 2. The third-order valence-corrected chi connectivity index (χ3v) is 3.78. The lowest BCUT2D eigenvalue weighted by Crippen LogP contribution is -2.08. The first-order valence-corrected chi connectivity index (χ1v) is 7.81. The molecule has 126 valence electrons. The van der Waals surface area contributed by atoms with Crippen LogP contribution in [0.4, 0.5) is 0 Å². The molecule has 1 aromatic carbocycles. The zero-order valence-electron chi connectivity index (χ0n) is 13.5. The minimum absolute atomic E-state index is 0.143. The van der Waals surface area contributed by atoms with E-state index in [9.17, 15) is 9.59 Å². The fraction of sp³-hybridized carbons (Fsp3) is 0. The number of ether oxygens (including phenoxy) is 1. The number of aromatic nitrogens is 2. The summed E-state index contributed by atoms with van der Waals surface area (Å²) in [7, 11) is 0. The van der Waals surface area contributed by atoms with Gasteiger partial charge in [-0.05, 0) is 42.5 Å². The first-order valence-electron chi connectivity index (χ1n) is 7.81. The molecule has 0 saturated heterocycles. The normalized spacial score (nSPS) is 10.6. The van der Waals surface area contributed by atoms with Crippen molar-refractivity contribution >= 4 is 16.9 Å². The molecule has 0 saturated carbocycles. The van der Waals surface area contributed by atoms with E-state index in [1.165, 1.54) is 18.5 Å². The Labute approximate surface area is 147 Å². The second-order valence-electron chi connectivity index (χ2n) is 5.50. The van der Waals surface area contributed by atoms with E-state index in [4.69, 9.17) is 9.15 Å². The van der Waals surface area contributed by atoms with Crippen LogP contribution in [0.3, 0.4) is 0 Å². The molecule has 0 bridgehead atoms. The van der Waals surface area contributed by atoms with Crippen molar-refractivity contribution in [3.8, 4) is 17.1 Å². The van der Waals surface area contributed by atoms with Crippen LogP contribution in [-0.2, 0) is 0 Å². The van der Waals surface area contributed by atoms with E-state index in [-0.39, 0.29) is 5.43 Å². The third-order valence-electron chi connectivity index (χ3n) is 3.78. The van der Waals surface area contributed by atoms with Gasteiger partial charge in [-0.3, -0.25) is 14.8 Å². The number of nitrogens with zero attached hydrogens (tertiary/aromatic N) is 2. The largest absolute Gasteiger partial charge is 0.454 e. The lowest BCUT2D eigenvalue weighted by molar-refractivity contribution is 0.0734. The van der Waals surface area contributed by atoms with Gasteiger partial charge in [0, 0.05) is 30.2 Å². The van der Waals surface area contributed by atoms with Crippen LogP contribution in [0.15, 0.2) is 82.5 Å². The van der Waals surface area contributed by atoms with E-state index in [0.717, 1.165) is 0 Å². The second kappa shape index (κ2) is 6.60. The highest BCUT2D eigenvalue weighted by molar-refractivity contribution is 5.90. The van der Waals surface area contributed by atoms with Crippen LogP contribution >= 0.6 is 0 Å². The smallest absolute Gasteiger partial charge is 0.345 e. The fourth-order valence-corrected chi connectivity index (χ4v) is 2.49. The van der Waals surface area contributed by atoms with Crippen molar-refractivity contribution in [1.29, 1.82) is 0 Å². The van der Waals surface area contributed by atoms with Gasteiger partial charge < -0.3 is 9.15 Å². The summed E-state index contributed by atoms with van der Waals surface area (Å²) >= 11 is 0. The minimum atomic E-state index is -0.492. The molecule has 0 fully saturated rings. The molecule has 0 radical (unpaired) electrons. The van der Waals surface area contributed by atoms with E-state index in [1.54, 1.807) is 54.9 Å². The maximum atomic E-state index is 12.2. The summed E-state index contributed by atoms with van der Waals surface area (Å²) in [5, 5.41) is 0.478. The molecule has 0 unspecified atom stereocenters. The highest BCUT2D eigenvalue weighted by atomic mass is 16.5. The van der Waals surface area contributed by atoms with Crippen LogP contribution in [-0.4, -0.2) is 15.9 Å². The lowest BCUT2D eigenvalue weighted by atomic mass is 10.1. The van der Waals surface area contributed by atoms with Crippen molar-refractivity contribution in [1.82, 2.24) is 9.97 Å². The number of rotatable bonds is 3. The van der Waals surface area contributed by atoms with Crippen LogP contribution < -0.4 is 10.2 Å².